The van der Waals surface area contributed by atoms with Crippen molar-refractivity contribution in [3.63, 3.8) is 0 Å². The zero-order valence-corrected chi connectivity index (χ0v) is 14.1. The molecule has 2 rings (SSSR count). The Morgan fingerprint density at radius 1 is 1.36 bits per heavy atom. The van der Waals surface area contributed by atoms with Gasteiger partial charge in [-0.05, 0) is 32.1 Å². The lowest BCUT2D eigenvalue weighted by Gasteiger charge is -2.29. The van der Waals surface area contributed by atoms with E-state index in [4.69, 9.17) is 10.3 Å². The van der Waals surface area contributed by atoms with E-state index in [-0.39, 0.29) is 16.9 Å². The van der Waals surface area contributed by atoms with Crippen molar-refractivity contribution in [2.45, 2.75) is 70.8 Å². The van der Waals surface area contributed by atoms with Crippen LogP contribution in [0.2, 0.25) is 0 Å². The van der Waals surface area contributed by atoms with Crippen LogP contribution in [0.5, 0.6) is 0 Å². The lowest BCUT2D eigenvalue weighted by atomic mass is 9.95. The summed E-state index contributed by atoms with van der Waals surface area (Å²) in [4.78, 5) is 16.4. The molecule has 124 valence electrons. The molecule has 0 radical (unpaired) electrons. The van der Waals surface area contributed by atoms with Gasteiger partial charge in [-0.1, -0.05) is 25.9 Å². The number of carbonyl (C=O) groups is 1. The molecule has 6 heteroatoms. The second-order valence-corrected chi connectivity index (χ2v) is 7.56. The highest BCUT2D eigenvalue weighted by molar-refractivity contribution is 5.76. The summed E-state index contributed by atoms with van der Waals surface area (Å²) < 4.78 is 5.23. The molecule has 1 amide bonds. The van der Waals surface area contributed by atoms with Gasteiger partial charge >= 0.3 is 0 Å². The summed E-state index contributed by atoms with van der Waals surface area (Å²) >= 11 is 0. The van der Waals surface area contributed by atoms with Crippen molar-refractivity contribution in [3.05, 3.63) is 11.7 Å². The average Bonchev–Trinajstić information content (AvgIpc) is 3.18. The average molecular weight is 308 g/mol. The third kappa shape index (κ3) is 4.29. The molecule has 1 aliphatic carbocycles. The van der Waals surface area contributed by atoms with Crippen molar-refractivity contribution < 1.29 is 9.32 Å². The number of aromatic nitrogens is 2. The predicted octanol–water partition coefficient (Wildman–Crippen LogP) is 1.93. The predicted molar refractivity (Wildman–Crippen MR) is 84.3 cm³/mol. The fraction of sp³-hybridized carbons (Fsp3) is 0.812. The van der Waals surface area contributed by atoms with E-state index in [2.05, 4.69) is 15.5 Å². The van der Waals surface area contributed by atoms with Crippen LogP contribution in [0, 0.1) is 5.92 Å². The third-order valence-electron chi connectivity index (χ3n) is 4.26. The van der Waals surface area contributed by atoms with E-state index in [1.165, 1.54) is 0 Å². The van der Waals surface area contributed by atoms with Gasteiger partial charge in [0.2, 0.25) is 11.8 Å². The highest BCUT2D eigenvalue weighted by atomic mass is 16.5. The molecule has 1 aliphatic rings. The van der Waals surface area contributed by atoms with Gasteiger partial charge in [-0.25, -0.2) is 0 Å². The number of hydrogen-bond donors (Lipinski definition) is 2. The normalized spacial score (nSPS) is 18.0. The van der Waals surface area contributed by atoms with Crippen molar-refractivity contribution in [1.29, 1.82) is 0 Å². The lowest BCUT2D eigenvalue weighted by Crippen LogP contribution is -2.53. The molecule has 1 saturated carbocycles. The number of nitrogens with one attached hydrogen (secondary N) is 1. The molecule has 0 saturated heterocycles. The number of hydrogen-bond acceptors (Lipinski definition) is 5. The Morgan fingerprint density at radius 3 is 2.55 bits per heavy atom. The maximum absolute atomic E-state index is 12.1. The molecule has 0 bridgehead atoms. The lowest BCUT2D eigenvalue weighted by molar-refractivity contribution is -0.123. The highest BCUT2D eigenvalue weighted by Gasteiger charge is 2.41. The number of nitrogens with two attached hydrogens (primary N) is 1. The van der Waals surface area contributed by atoms with Crippen molar-refractivity contribution in [3.8, 4) is 0 Å². The van der Waals surface area contributed by atoms with E-state index in [1.54, 1.807) is 0 Å². The van der Waals surface area contributed by atoms with Crippen LogP contribution in [0.1, 0.15) is 65.1 Å². The number of carbonyl (C=O) groups excluding carboxylic acids is 1. The van der Waals surface area contributed by atoms with E-state index in [9.17, 15) is 4.79 Å². The monoisotopic (exact) mass is 308 g/mol. The van der Waals surface area contributed by atoms with Gasteiger partial charge in [-0.15, -0.1) is 0 Å². The fourth-order valence-electron chi connectivity index (χ4n) is 2.48. The summed E-state index contributed by atoms with van der Waals surface area (Å²) in [7, 11) is 0. The number of amides is 1. The third-order valence-corrected chi connectivity index (χ3v) is 4.26. The molecular formula is C16H28N4O2. The molecule has 1 atom stereocenters. The van der Waals surface area contributed by atoms with Gasteiger partial charge in [0.15, 0.2) is 5.82 Å². The minimum Gasteiger partial charge on any atom is -0.349 e. The molecule has 0 spiro atoms. The van der Waals surface area contributed by atoms with E-state index in [1.807, 2.05) is 27.7 Å². The molecule has 22 heavy (non-hydrogen) atoms. The molecular weight excluding hydrogens is 280 g/mol. The summed E-state index contributed by atoms with van der Waals surface area (Å²) in [6.45, 7) is 8.65. The Morgan fingerprint density at radius 2 is 2.05 bits per heavy atom. The Hall–Kier alpha value is -1.43. The van der Waals surface area contributed by atoms with E-state index in [0.29, 0.717) is 43.4 Å². The van der Waals surface area contributed by atoms with Crippen molar-refractivity contribution in [2.75, 3.05) is 6.54 Å². The van der Waals surface area contributed by atoms with Gasteiger partial charge in [0.25, 0.3) is 0 Å². The van der Waals surface area contributed by atoms with Gasteiger partial charge in [-0.3, -0.25) is 4.79 Å². The van der Waals surface area contributed by atoms with Gasteiger partial charge in [0.05, 0.1) is 5.54 Å². The van der Waals surface area contributed by atoms with Crippen molar-refractivity contribution >= 4 is 5.91 Å². The molecule has 6 nitrogen and oxygen atoms in total. The van der Waals surface area contributed by atoms with Crippen LogP contribution in [-0.2, 0) is 16.6 Å². The fourth-order valence-corrected chi connectivity index (χ4v) is 2.48. The van der Waals surface area contributed by atoms with Gasteiger partial charge < -0.3 is 15.6 Å². The van der Waals surface area contributed by atoms with Crippen molar-refractivity contribution in [2.24, 2.45) is 11.7 Å². The van der Waals surface area contributed by atoms with Crippen LogP contribution in [0.25, 0.3) is 0 Å². The van der Waals surface area contributed by atoms with E-state index in [0.717, 1.165) is 12.8 Å². The first-order valence-corrected chi connectivity index (χ1v) is 8.09. The maximum Gasteiger partial charge on any atom is 0.226 e. The minimum absolute atomic E-state index is 0.0513. The Balaban J connectivity index is 1.76. The smallest absolute Gasteiger partial charge is 0.226 e. The molecule has 0 aliphatic heterocycles. The summed E-state index contributed by atoms with van der Waals surface area (Å²) in [6, 6.07) is 0. The summed E-state index contributed by atoms with van der Waals surface area (Å²) in [5.74, 6) is 1.89. The highest BCUT2D eigenvalue weighted by Crippen LogP contribution is 2.39. The zero-order chi connectivity index (χ0) is 16.4. The molecule has 1 unspecified atom stereocenters. The zero-order valence-electron chi connectivity index (χ0n) is 14.1. The molecule has 1 aromatic heterocycles. The van der Waals surface area contributed by atoms with E-state index < -0.39 is 0 Å². The second kappa shape index (κ2) is 6.36. The van der Waals surface area contributed by atoms with Crippen LogP contribution >= 0.6 is 0 Å². The summed E-state index contributed by atoms with van der Waals surface area (Å²) in [5.41, 5.74) is 5.44. The Kier molecular flexibility index (Phi) is 4.90. The number of nitrogens with zero attached hydrogens (tertiary/aromatic N) is 2. The van der Waals surface area contributed by atoms with Crippen LogP contribution in [-0.4, -0.2) is 28.1 Å². The summed E-state index contributed by atoms with van der Waals surface area (Å²) in [6.07, 6.45) is 4.09. The second-order valence-electron chi connectivity index (χ2n) is 7.56. The summed E-state index contributed by atoms with van der Waals surface area (Å²) in [5, 5.41) is 7.08. The van der Waals surface area contributed by atoms with Crippen molar-refractivity contribution in [1.82, 2.24) is 15.5 Å². The Bertz CT molecular complexity index is 516. The van der Waals surface area contributed by atoms with Gasteiger partial charge in [0.1, 0.15) is 0 Å². The topological polar surface area (TPSA) is 94.0 Å². The maximum atomic E-state index is 12.1. The Labute approximate surface area is 132 Å². The first-order valence-electron chi connectivity index (χ1n) is 8.09. The molecule has 3 N–H and O–H groups in total. The molecule has 0 aromatic carbocycles. The quantitative estimate of drug-likeness (QED) is 0.802. The SMILES string of the molecule is CC(C)(C)c1noc(CCCC(=O)NC(C)(CN)C2CC2)n1. The minimum atomic E-state index is -0.249. The number of rotatable bonds is 7. The number of aryl methyl sites for hydroxylation is 1. The van der Waals surface area contributed by atoms with E-state index >= 15 is 0 Å². The molecule has 1 fully saturated rings. The van der Waals surface area contributed by atoms with Crippen LogP contribution in [0.15, 0.2) is 4.52 Å². The largest absolute Gasteiger partial charge is 0.349 e. The first-order chi connectivity index (χ1) is 10.2. The van der Waals surface area contributed by atoms with Crippen LogP contribution in [0.3, 0.4) is 0 Å². The van der Waals surface area contributed by atoms with Gasteiger partial charge in [0, 0.05) is 24.8 Å². The van der Waals surface area contributed by atoms with Gasteiger partial charge in [-0.2, -0.15) is 4.98 Å². The standard InChI is InChI=1S/C16H28N4O2/c1-15(2,3)14-18-13(22-20-14)7-5-6-12(21)19-16(4,10-17)11-8-9-11/h11H,5-10,17H2,1-4H3,(H,19,21). The van der Waals surface area contributed by atoms with Crippen LogP contribution in [0.4, 0.5) is 0 Å². The molecule has 1 aromatic rings. The first kappa shape index (κ1) is 16.9. The van der Waals surface area contributed by atoms with Crippen LogP contribution < -0.4 is 11.1 Å². The molecule has 1 heterocycles.